The Hall–Kier alpha value is -5.29. The number of para-hydroxylation sites is 1. The average Bonchev–Trinajstić information content (AvgIpc) is 3.41. The Kier molecular flexibility index (Phi) is 7.01. The summed E-state index contributed by atoms with van der Waals surface area (Å²) in [6.45, 7) is 3.78. The molecule has 0 radical (unpaired) electrons. The van der Waals surface area contributed by atoms with E-state index in [9.17, 15) is 14.0 Å². The third kappa shape index (κ3) is 5.13. The van der Waals surface area contributed by atoms with Gasteiger partial charge in [0.05, 0.1) is 27.1 Å². The van der Waals surface area contributed by atoms with Crippen LogP contribution >= 0.6 is 11.5 Å². The molecule has 2 amide bonds. The number of aryl methyl sites for hydroxylation is 2. The van der Waals surface area contributed by atoms with Crippen LogP contribution in [0.4, 0.5) is 21.6 Å². The molecule has 3 N–H and O–H groups in total. The number of rotatable bonds is 6. The lowest BCUT2D eigenvalue weighted by Gasteiger charge is -2.15. The molecular formula is C31H24FN7O2S. The van der Waals surface area contributed by atoms with Gasteiger partial charge in [-0.3, -0.25) is 9.59 Å². The number of carbonyl (C=O) groups excluding carboxylic acids is 2. The van der Waals surface area contributed by atoms with Crippen molar-refractivity contribution in [2.75, 3.05) is 17.7 Å². The SMILES string of the molecule is CNC(=O)c1ccc(-c2ccc3nc(Nc4ccccc4C)c(NC(=O)c4nsc5ccc(F)cc45)cc3n2)c(C)n1. The van der Waals surface area contributed by atoms with Crippen LogP contribution in [0.1, 0.15) is 32.2 Å². The number of anilines is 3. The zero-order valence-electron chi connectivity index (χ0n) is 22.8. The summed E-state index contributed by atoms with van der Waals surface area (Å²) >= 11 is 1.13. The smallest absolute Gasteiger partial charge is 0.276 e. The van der Waals surface area contributed by atoms with Crippen LogP contribution in [-0.4, -0.2) is 38.2 Å². The second kappa shape index (κ2) is 10.9. The Morgan fingerprint density at radius 1 is 0.833 bits per heavy atom. The molecule has 11 heteroatoms. The highest BCUT2D eigenvalue weighted by molar-refractivity contribution is 7.13. The van der Waals surface area contributed by atoms with Crippen LogP contribution in [0.25, 0.3) is 32.4 Å². The molecule has 0 aliphatic carbocycles. The summed E-state index contributed by atoms with van der Waals surface area (Å²) in [5, 5.41) is 9.25. The molecule has 0 bridgehead atoms. The number of aromatic nitrogens is 4. The molecule has 0 saturated heterocycles. The number of hydrogen-bond acceptors (Lipinski definition) is 8. The Bertz CT molecular complexity index is 2020. The molecule has 2 aromatic carbocycles. The number of nitrogens with one attached hydrogen (secondary N) is 3. The largest absolute Gasteiger partial charge is 0.354 e. The van der Waals surface area contributed by atoms with Crippen molar-refractivity contribution in [2.45, 2.75) is 13.8 Å². The van der Waals surface area contributed by atoms with Gasteiger partial charge >= 0.3 is 0 Å². The number of amides is 2. The van der Waals surface area contributed by atoms with Crippen LogP contribution < -0.4 is 16.0 Å². The summed E-state index contributed by atoms with van der Waals surface area (Å²) in [5.41, 5.74) is 5.79. The van der Waals surface area contributed by atoms with E-state index < -0.39 is 11.7 Å². The van der Waals surface area contributed by atoms with Crippen molar-refractivity contribution >= 4 is 61.7 Å². The summed E-state index contributed by atoms with van der Waals surface area (Å²) in [6.07, 6.45) is 0. The lowest BCUT2D eigenvalue weighted by molar-refractivity contribution is 0.0957. The predicted molar refractivity (Wildman–Crippen MR) is 163 cm³/mol. The van der Waals surface area contributed by atoms with Gasteiger partial charge in [0.15, 0.2) is 5.82 Å². The van der Waals surface area contributed by atoms with Gasteiger partial charge < -0.3 is 16.0 Å². The van der Waals surface area contributed by atoms with Crippen molar-refractivity contribution in [3.8, 4) is 11.3 Å². The van der Waals surface area contributed by atoms with Gasteiger partial charge in [-0.15, -0.1) is 0 Å². The predicted octanol–water partition coefficient (Wildman–Crippen LogP) is 6.41. The Balaban J connectivity index is 1.43. The molecule has 0 aliphatic heterocycles. The van der Waals surface area contributed by atoms with Crippen molar-refractivity contribution < 1.29 is 14.0 Å². The maximum absolute atomic E-state index is 14.0. The number of carbonyl (C=O) groups is 2. The second-order valence-corrected chi connectivity index (χ2v) is 10.4. The minimum absolute atomic E-state index is 0.121. The third-order valence-corrected chi connectivity index (χ3v) is 7.61. The molecule has 0 spiro atoms. The van der Waals surface area contributed by atoms with Gasteiger partial charge in [-0.25, -0.2) is 19.3 Å². The van der Waals surface area contributed by atoms with Gasteiger partial charge in [-0.2, -0.15) is 4.37 Å². The summed E-state index contributed by atoms with van der Waals surface area (Å²) in [5.74, 6) is -0.805. The molecule has 6 rings (SSSR count). The van der Waals surface area contributed by atoms with Crippen molar-refractivity contribution in [1.82, 2.24) is 24.6 Å². The topological polar surface area (TPSA) is 122 Å². The van der Waals surface area contributed by atoms with E-state index in [1.165, 1.54) is 12.1 Å². The molecule has 0 unspecified atom stereocenters. The molecule has 6 aromatic rings. The first kappa shape index (κ1) is 26.9. The van der Waals surface area contributed by atoms with E-state index in [0.29, 0.717) is 49.7 Å². The molecule has 0 aliphatic rings. The highest BCUT2D eigenvalue weighted by Crippen LogP contribution is 2.32. The van der Waals surface area contributed by atoms with Crippen LogP contribution in [0.3, 0.4) is 0 Å². The van der Waals surface area contributed by atoms with Gasteiger partial charge in [-0.1, -0.05) is 18.2 Å². The average molecular weight is 578 g/mol. The van der Waals surface area contributed by atoms with E-state index in [4.69, 9.17) is 9.97 Å². The van der Waals surface area contributed by atoms with Crippen molar-refractivity contribution in [1.29, 1.82) is 0 Å². The van der Waals surface area contributed by atoms with E-state index in [1.54, 1.807) is 31.3 Å². The van der Waals surface area contributed by atoms with Crippen molar-refractivity contribution in [3.05, 3.63) is 101 Å². The molecule has 208 valence electrons. The minimum Gasteiger partial charge on any atom is -0.354 e. The van der Waals surface area contributed by atoms with E-state index in [0.717, 1.165) is 28.3 Å². The Morgan fingerprint density at radius 2 is 1.67 bits per heavy atom. The fourth-order valence-corrected chi connectivity index (χ4v) is 5.33. The number of nitrogens with zero attached hydrogens (tertiary/aromatic N) is 4. The van der Waals surface area contributed by atoms with Gasteiger partial charge in [0.1, 0.15) is 17.2 Å². The Labute approximate surface area is 244 Å². The van der Waals surface area contributed by atoms with E-state index in [2.05, 4.69) is 25.3 Å². The van der Waals surface area contributed by atoms with E-state index in [1.807, 2.05) is 50.2 Å². The molecule has 0 saturated carbocycles. The first-order valence-electron chi connectivity index (χ1n) is 13.0. The van der Waals surface area contributed by atoms with Gasteiger partial charge in [-0.05, 0) is 85.5 Å². The number of halogens is 1. The van der Waals surface area contributed by atoms with Crippen LogP contribution in [0.2, 0.25) is 0 Å². The van der Waals surface area contributed by atoms with E-state index >= 15 is 0 Å². The summed E-state index contributed by atoms with van der Waals surface area (Å²) in [4.78, 5) is 39.5. The highest BCUT2D eigenvalue weighted by atomic mass is 32.1. The van der Waals surface area contributed by atoms with Gasteiger partial charge in [0.2, 0.25) is 0 Å². The first-order chi connectivity index (χ1) is 20.3. The van der Waals surface area contributed by atoms with Gasteiger partial charge in [0, 0.05) is 29.4 Å². The minimum atomic E-state index is -0.498. The highest BCUT2D eigenvalue weighted by Gasteiger charge is 2.19. The molecule has 9 nitrogen and oxygen atoms in total. The zero-order chi connectivity index (χ0) is 29.4. The lowest BCUT2D eigenvalue weighted by atomic mass is 10.1. The monoisotopic (exact) mass is 577 g/mol. The molecule has 4 heterocycles. The van der Waals surface area contributed by atoms with Crippen molar-refractivity contribution in [2.24, 2.45) is 0 Å². The van der Waals surface area contributed by atoms with Crippen LogP contribution in [0, 0.1) is 19.7 Å². The van der Waals surface area contributed by atoms with Crippen LogP contribution in [-0.2, 0) is 0 Å². The lowest BCUT2D eigenvalue weighted by Crippen LogP contribution is -2.19. The fourth-order valence-electron chi connectivity index (χ4n) is 4.58. The maximum atomic E-state index is 14.0. The number of benzene rings is 2. The molecule has 4 aromatic heterocycles. The number of pyridine rings is 3. The maximum Gasteiger partial charge on any atom is 0.276 e. The molecular weight excluding hydrogens is 553 g/mol. The quantitative estimate of drug-likeness (QED) is 0.209. The second-order valence-electron chi connectivity index (χ2n) is 9.59. The molecule has 0 atom stereocenters. The zero-order valence-corrected chi connectivity index (χ0v) is 23.6. The fraction of sp³-hybridized carbons (Fsp3) is 0.0968. The van der Waals surface area contributed by atoms with Crippen LogP contribution in [0.5, 0.6) is 0 Å². The summed E-state index contributed by atoms with van der Waals surface area (Å²) in [6, 6.07) is 20.8. The third-order valence-electron chi connectivity index (χ3n) is 6.79. The standard InChI is InChI=1S/C31H24FN7O2S/c1-16-6-4-5-7-21(16)36-29-26(38-31(41)28-20-14-18(32)8-13-27(20)42-39-28)15-25-23(37-29)12-11-22(35-25)19-9-10-24(30(40)33-3)34-17(19)2/h4-15H,1-3H3,(H,33,40)(H,36,37)(H,38,41). The van der Waals surface area contributed by atoms with Gasteiger partial charge in [0.25, 0.3) is 11.8 Å². The summed E-state index contributed by atoms with van der Waals surface area (Å²) < 4.78 is 19.0. The van der Waals surface area contributed by atoms with Crippen LogP contribution in [0.15, 0.2) is 72.8 Å². The Morgan fingerprint density at radius 3 is 2.45 bits per heavy atom. The van der Waals surface area contributed by atoms with E-state index in [-0.39, 0.29) is 11.6 Å². The number of fused-ring (bicyclic) bond motifs is 2. The summed E-state index contributed by atoms with van der Waals surface area (Å²) in [7, 11) is 1.55. The molecule has 0 fully saturated rings. The first-order valence-corrected chi connectivity index (χ1v) is 13.8. The normalized spacial score (nSPS) is 11.0. The van der Waals surface area contributed by atoms with Crippen molar-refractivity contribution in [3.63, 3.8) is 0 Å². The molecule has 42 heavy (non-hydrogen) atoms. The number of hydrogen-bond donors (Lipinski definition) is 3.